The number of amidine groups is 1. The summed E-state index contributed by atoms with van der Waals surface area (Å²) in [4.78, 5) is 17.0. The Kier molecular flexibility index (Phi) is 5.36. The molecule has 1 aliphatic rings. The fourth-order valence-corrected chi connectivity index (χ4v) is 3.49. The van der Waals surface area contributed by atoms with Crippen LogP contribution < -0.4 is 10.1 Å². The number of halogens is 2. The molecule has 1 amide bonds. The van der Waals surface area contributed by atoms with Crippen molar-refractivity contribution in [1.82, 2.24) is 5.32 Å². The van der Waals surface area contributed by atoms with Crippen molar-refractivity contribution in [2.45, 2.75) is 0 Å². The van der Waals surface area contributed by atoms with Crippen molar-refractivity contribution in [3.63, 3.8) is 0 Å². The Bertz CT molecular complexity index is 915. The second-order valence-electron chi connectivity index (χ2n) is 5.00. The molecule has 0 aromatic heterocycles. The molecule has 0 radical (unpaired) electrons. The van der Waals surface area contributed by atoms with E-state index < -0.39 is 0 Å². The average Bonchev–Trinajstić information content (AvgIpc) is 2.90. The fourth-order valence-electron chi connectivity index (χ4n) is 2.12. The van der Waals surface area contributed by atoms with Crippen LogP contribution in [0.15, 0.2) is 50.8 Å². The third-order valence-electron chi connectivity index (χ3n) is 3.29. The van der Waals surface area contributed by atoms with E-state index in [4.69, 9.17) is 16.3 Å². The van der Waals surface area contributed by atoms with Gasteiger partial charge in [0.05, 0.1) is 12.0 Å². The fraction of sp³-hybridized carbons (Fsp3) is 0.0588. The Balaban J connectivity index is 1.91. The number of phenolic OH excluding ortho intramolecular Hbond substituents is 1. The number of nitrogens with one attached hydrogen (secondary N) is 1. The molecule has 2 aromatic carbocycles. The lowest BCUT2D eigenvalue weighted by atomic mass is 10.2. The van der Waals surface area contributed by atoms with Crippen LogP contribution in [0, 0.1) is 0 Å². The summed E-state index contributed by atoms with van der Waals surface area (Å²) in [5.41, 5.74) is 1.05. The van der Waals surface area contributed by atoms with E-state index in [-0.39, 0.29) is 11.7 Å². The van der Waals surface area contributed by atoms with Crippen LogP contribution >= 0.6 is 39.3 Å². The standard InChI is InChI=1S/C17H12BrClN2O3S/c1-24-14-5-3-11(19)8-12(14)20-17-21-16(23)15(25-17)7-9-6-10(18)2-4-13(9)22/h2-8,22H,1H3,(H,20,21,23)/b15-7-. The number of amides is 1. The quantitative estimate of drug-likeness (QED) is 0.680. The van der Waals surface area contributed by atoms with Gasteiger partial charge in [-0.25, -0.2) is 4.99 Å². The first kappa shape index (κ1) is 17.8. The van der Waals surface area contributed by atoms with Gasteiger partial charge in [-0.05, 0) is 54.2 Å². The van der Waals surface area contributed by atoms with E-state index in [0.717, 1.165) is 4.47 Å². The lowest BCUT2D eigenvalue weighted by molar-refractivity contribution is -0.115. The molecule has 0 bridgehead atoms. The maximum absolute atomic E-state index is 12.2. The molecular formula is C17H12BrClN2O3S. The maximum Gasteiger partial charge on any atom is 0.264 e. The van der Waals surface area contributed by atoms with Gasteiger partial charge < -0.3 is 15.2 Å². The van der Waals surface area contributed by atoms with Crippen molar-refractivity contribution in [2.75, 3.05) is 7.11 Å². The van der Waals surface area contributed by atoms with Gasteiger partial charge in [0, 0.05) is 15.1 Å². The van der Waals surface area contributed by atoms with E-state index in [1.165, 1.54) is 18.9 Å². The summed E-state index contributed by atoms with van der Waals surface area (Å²) in [6.45, 7) is 0. The van der Waals surface area contributed by atoms with Gasteiger partial charge in [-0.2, -0.15) is 0 Å². The predicted octanol–water partition coefficient (Wildman–Crippen LogP) is 4.71. The monoisotopic (exact) mass is 438 g/mol. The molecule has 3 rings (SSSR count). The number of carbonyl (C=O) groups is 1. The van der Waals surface area contributed by atoms with Gasteiger partial charge in [-0.1, -0.05) is 27.5 Å². The molecule has 0 spiro atoms. The predicted molar refractivity (Wildman–Crippen MR) is 105 cm³/mol. The highest BCUT2D eigenvalue weighted by molar-refractivity contribution is 9.10. The second kappa shape index (κ2) is 7.51. The smallest absolute Gasteiger partial charge is 0.264 e. The number of thioether (sulfide) groups is 1. The van der Waals surface area contributed by atoms with Crippen molar-refractivity contribution in [2.24, 2.45) is 4.99 Å². The number of hydrogen-bond acceptors (Lipinski definition) is 5. The Labute approximate surface area is 161 Å². The zero-order valence-corrected chi connectivity index (χ0v) is 16.1. The summed E-state index contributed by atoms with van der Waals surface area (Å²) >= 11 is 10.5. The van der Waals surface area contributed by atoms with Crippen LogP contribution in [0.25, 0.3) is 6.08 Å². The molecule has 1 heterocycles. The molecule has 0 aliphatic carbocycles. The minimum atomic E-state index is -0.288. The van der Waals surface area contributed by atoms with Crippen LogP contribution in [0.2, 0.25) is 5.02 Å². The minimum absolute atomic E-state index is 0.0889. The van der Waals surface area contributed by atoms with Crippen LogP contribution in [-0.4, -0.2) is 23.3 Å². The molecule has 5 nitrogen and oxygen atoms in total. The van der Waals surface area contributed by atoms with Gasteiger partial charge in [0.25, 0.3) is 5.91 Å². The third-order valence-corrected chi connectivity index (χ3v) is 4.93. The van der Waals surface area contributed by atoms with Gasteiger partial charge in [0.2, 0.25) is 0 Å². The molecule has 1 aliphatic heterocycles. The number of benzene rings is 2. The third kappa shape index (κ3) is 4.18. The molecular weight excluding hydrogens is 428 g/mol. The largest absolute Gasteiger partial charge is 0.507 e. The van der Waals surface area contributed by atoms with Gasteiger partial charge in [-0.15, -0.1) is 0 Å². The molecule has 1 saturated heterocycles. The average molecular weight is 440 g/mol. The summed E-state index contributed by atoms with van der Waals surface area (Å²) in [6.07, 6.45) is 1.61. The Hall–Kier alpha value is -1.96. The number of ether oxygens (including phenoxy) is 1. The number of rotatable bonds is 3. The second-order valence-corrected chi connectivity index (χ2v) is 7.38. The molecule has 25 heavy (non-hydrogen) atoms. The van der Waals surface area contributed by atoms with Crippen LogP contribution in [-0.2, 0) is 4.79 Å². The van der Waals surface area contributed by atoms with Crippen molar-refractivity contribution in [1.29, 1.82) is 0 Å². The Morgan fingerprint density at radius 1 is 1.32 bits per heavy atom. The van der Waals surface area contributed by atoms with Crippen LogP contribution in [0.5, 0.6) is 11.5 Å². The van der Waals surface area contributed by atoms with Crippen molar-refractivity contribution in [3.8, 4) is 11.5 Å². The molecule has 128 valence electrons. The van der Waals surface area contributed by atoms with E-state index in [9.17, 15) is 9.90 Å². The molecule has 0 unspecified atom stereocenters. The first-order valence-electron chi connectivity index (χ1n) is 7.08. The molecule has 2 aromatic rings. The number of carbonyl (C=O) groups excluding carboxylic acids is 1. The highest BCUT2D eigenvalue weighted by atomic mass is 79.9. The Morgan fingerprint density at radius 3 is 2.88 bits per heavy atom. The van der Waals surface area contributed by atoms with E-state index >= 15 is 0 Å². The van der Waals surface area contributed by atoms with Gasteiger partial charge in [-0.3, -0.25) is 4.79 Å². The minimum Gasteiger partial charge on any atom is -0.507 e. The number of methoxy groups -OCH3 is 1. The van der Waals surface area contributed by atoms with E-state index in [1.54, 1.807) is 42.5 Å². The van der Waals surface area contributed by atoms with Crippen molar-refractivity contribution in [3.05, 3.63) is 56.4 Å². The van der Waals surface area contributed by atoms with E-state index in [2.05, 4.69) is 26.2 Å². The topological polar surface area (TPSA) is 70.9 Å². The highest BCUT2D eigenvalue weighted by Gasteiger charge is 2.24. The van der Waals surface area contributed by atoms with Gasteiger partial charge in [0.15, 0.2) is 5.17 Å². The van der Waals surface area contributed by atoms with Crippen molar-refractivity contribution >= 4 is 62.1 Å². The maximum atomic E-state index is 12.2. The number of hydrogen-bond donors (Lipinski definition) is 2. The summed E-state index contributed by atoms with van der Waals surface area (Å²) < 4.78 is 6.05. The lowest BCUT2D eigenvalue weighted by Crippen LogP contribution is -2.19. The lowest BCUT2D eigenvalue weighted by Gasteiger charge is -2.05. The normalized spacial score (nSPS) is 17.2. The van der Waals surface area contributed by atoms with Crippen molar-refractivity contribution < 1.29 is 14.6 Å². The van der Waals surface area contributed by atoms with E-state index in [1.807, 2.05) is 0 Å². The van der Waals surface area contributed by atoms with Crippen LogP contribution in [0.1, 0.15) is 5.56 Å². The summed E-state index contributed by atoms with van der Waals surface area (Å²) in [7, 11) is 1.54. The SMILES string of the molecule is COc1ccc(Cl)cc1N=C1NC(=O)/C(=C/c2cc(Br)ccc2O)S1. The van der Waals surface area contributed by atoms with Crippen LogP contribution in [0.3, 0.4) is 0 Å². The summed E-state index contributed by atoms with van der Waals surface area (Å²) in [5, 5.41) is 13.5. The number of aromatic hydroxyl groups is 1. The molecule has 1 fully saturated rings. The summed E-state index contributed by atoms with van der Waals surface area (Å²) in [6, 6.07) is 10.1. The zero-order chi connectivity index (χ0) is 18.0. The Morgan fingerprint density at radius 2 is 2.12 bits per heavy atom. The molecule has 8 heteroatoms. The number of aliphatic imine (C=N–C) groups is 1. The first-order valence-corrected chi connectivity index (χ1v) is 9.06. The molecule has 0 saturated carbocycles. The zero-order valence-electron chi connectivity index (χ0n) is 12.9. The van der Waals surface area contributed by atoms with Gasteiger partial charge >= 0.3 is 0 Å². The van der Waals surface area contributed by atoms with Crippen LogP contribution in [0.4, 0.5) is 5.69 Å². The van der Waals surface area contributed by atoms with Gasteiger partial charge in [0.1, 0.15) is 17.2 Å². The molecule has 0 atom stereocenters. The molecule has 2 N–H and O–H groups in total. The summed E-state index contributed by atoms with van der Waals surface area (Å²) in [5.74, 6) is 0.351. The number of phenols is 1. The first-order chi connectivity index (χ1) is 12.0. The number of nitrogens with zero attached hydrogens (tertiary/aromatic N) is 1. The van der Waals surface area contributed by atoms with E-state index in [0.29, 0.717) is 32.1 Å². The highest BCUT2D eigenvalue weighted by Crippen LogP contribution is 2.35.